The first-order valence-corrected chi connectivity index (χ1v) is 8.44. The van der Waals surface area contributed by atoms with Crippen molar-refractivity contribution in [3.05, 3.63) is 22.4 Å². The summed E-state index contributed by atoms with van der Waals surface area (Å²) in [5.41, 5.74) is 7.53. The van der Waals surface area contributed by atoms with Gasteiger partial charge in [-0.3, -0.25) is 4.90 Å². The Morgan fingerprint density at radius 2 is 2.24 bits per heavy atom. The van der Waals surface area contributed by atoms with Gasteiger partial charge in [0.2, 0.25) is 0 Å². The van der Waals surface area contributed by atoms with E-state index in [-0.39, 0.29) is 6.04 Å². The zero-order valence-electron chi connectivity index (χ0n) is 11.2. The van der Waals surface area contributed by atoms with Crippen molar-refractivity contribution in [1.82, 2.24) is 4.90 Å². The third-order valence-corrected chi connectivity index (χ3v) is 4.65. The van der Waals surface area contributed by atoms with Gasteiger partial charge in [-0.25, -0.2) is 0 Å². The summed E-state index contributed by atoms with van der Waals surface area (Å²) in [6.07, 6.45) is 3.34. The highest BCUT2D eigenvalue weighted by atomic mass is 32.2. The smallest absolute Gasteiger partial charge is 0.0504 e. The third kappa shape index (κ3) is 3.98. The maximum atomic E-state index is 6.17. The fraction of sp³-hybridized carbons (Fsp3) is 0.692. The summed E-state index contributed by atoms with van der Waals surface area (Å²) < 4.78 is 0. The molecule has 2 N–H and O–H groups in total. The van der Waals surface area contributed by atoms with Gasteiger partial charge in [-0.15, -0.1) is 0 Å². The highest BCUT2D eigenvalue weighted by molar-refractivity contribution is 7.98. The molecule has 0 spiro atoms. The average Bonchev–Trinajstić information content (AvgIpc) is 2.78. The lowest BCUT2D eigenvalue weighted by atomic mass is 10.0. The lowest BCUT2D eigenvalue weighted by molar-refractivity contribution is 0.164. The number of rotatable bonds is 7. The standard InChI is InChI=1S/C13H24N2S2/c1-5-12(9-16-4)15(3)13(10(2)14)11-6-7-17-8-11/h6-8,10,12-13H,5,9,14H2,1-4H3. The minimum Gasteiger partial charge on any atom is -0.326 e. The number of nitrogens with zero attached hydrogens (tertiary/aromatic N) is 1. The summed E-state index contributed by atoms with van der Waals surface area (Å²) in [4.78, 5) is 2.45. The largest absolute Gasteiger partial charge is 0.326 e. The van der Waals surface area contributed by atoms with Crippen LogP contribution in [0.3, 0.4) is 0 Å². The Balaban J connectivity index is 2.83. The summed E-state index contributed by atoms with van der Waals surface area (Å²) in [5.74, 6) is 1.17. The van der Waals surface area contributed by atoms with E-state index in [0.717, 1.165) is 0 Å². The topological polar surface area (TPSA) is 29.3 Å². The fourth-order valence-electron chi connectivity index (χ4n) is 2.30. The van der Waals surface area contributed by atoms with Crippen LogP contribution in [-0.4, -0.2) is 36.0 Å². The van der Waals surface area contributed by atoms with Crippen LogP contribution in [0.2, 0.25) is 0 Å². The number of thioether (sulfide) groups is 1. The first-order valence-electron chi connectivity index (χ1n) is 6.10. The van der Waals surface area contributed by atoms with E-state index in [1.54, 1.807) is 11.3 Å². The monoisotopic (exact) mass is 272 g/mol. The van der Waals surface area contributed by atoms with E-state index in [2.05, 4.69) is 48.9 Å². The molecule has 0 aliphatic carbocycles. The van der Waals surface area contributed by atoms with Gasteiger partial charge >= 0.3 is 0 Å². The number of hydrogen-bond donors (Lipinski definition) is 1. The van der Waals surface area contributed by atoms with Crippen LogP contribution < -0.4 is 5.73 Å². The number of thiophene rings is 1. The molecule has 0 saturated carbocycles. The molecule has 1 heterocycles. The van der Waals surface area contributed by atoms with Crippen molar-refractivity contribution in [3.8, 4) is 0 Å². The Bertz CT molecular complexity index is 298. The third-order valence-electron chi connectivity index (χ3n) is 3.23. The Labute approximate surface area is 114 Å². The summed E-state index contributed by atoms with van der Waals surface area (Å²) >= 11 is 3.66. The molecule has 1 aromatic heterocycles. The van der Waals surface area contributed by atoms with E-state index in [9.17, 15) is 0 Å². The molecule has 0 aliphatic heterocycles. The number of hydrogen-bond acceptors (Lipinski definition) is 4. The molecule has 2 nitrogen and oxygen atoms in total. The van der Waals surface area contributed by atoms with Gasteiger partial charge in [0.05, 0.1) is 6.04 Å². The van der Waals surface area contributed by atoms with E-state index >= 15 is 0 Å². The van der Waals surface area contributed by atoms with Crippen molar-refractivity contribution in [2.45, 2.75) is 38.4 Å². The SMILES string of the molecule is CCC(CSC)N(C)C(c1ccsc1)C(C)N. The van der Waals surface area contributed by atoms with E-state index in [1.165, 1.54) is 17.7 Å². The van der Waals surface area contributed by atoms with Crippen molar-refractivity contribution in [2.75, 3.05) is 19.1 Å². The fourth-order valence-corrected chi connectivity index (χ4v) is 3.84. The second kappa shape index (κ2) is 7.41. The van der Waals surface area contributed by atoms with Gasteiger partial charge in [0.15, 0.2) is 0 Å². The number of likely N-dealkylation sites (N-methyl/N-ethyl adjacent to an activating group) is 1. The zero-order valence-corrected chi connectivity index (χ0v) is 12.9. The molecule has 0 fully saturated rings. The average molecular weight is 272 g/mol. The van der Waals surface area contributed by atoms with Gasteiger partial charge in [-0.1, -0.05) is 6.92 Å². The minimum atomic E-state index is 0.158. The second-order valence-electron chi connectivity index (χ2n) is 4.54. The normalized spacial score (nSPS) is 17.1. The van der Waals surface area contributed by atoms with Crippen LogP contribution in [0.4, 0.5) is 0 Å². The predicted molar refractivity (Wildman–Crippen MR) is 80.9 cm³/mol. The Morgan fingerprint density at radius 3 is 2.65 bits per heavy atom. The highest BCUT2D eigenvalue weighted by Gasteiger charge is 2.26. The lowest BCUT2D eigenvalue weighted by Crippen LogP contribution is -2.43. The lowest BCUT2D eigenvalue weighted by Gasteiger charge is -2.36. The molecule has 0 aromatic carbocycles. The molecule has 0 radical (unpaired) electrons. The first-order chi connectivity index (χ1) is 8.11. The minimum absolute atomic E-state index is 0.158. The van der Waals surface area contributed by atoms with E-state index in [4.69, 9.17) is 5.73 Å². The molecule has 98 valence electrons. The van der Waals surface area contributed by atoms with Crippen LogP contribution in [-0.2, 0) is 0 Å². The molecule has 4 heteroatoms. The van der Waals surface area contributed by atoms with Gasteiger partial charge in [0, 0.05) is 17.8 Å². The van der Waals surface area contributed by atoms with Gasteiger partial charge in [0.25, 0.3) is 0 Å². The summed E-state index contributed by atoms with van der Waals surface area (Å²) in [5, 5.41) is 4.35. The summed E-state index contributed by atoms with van der Waals surface area (Å²) in [6, 6.07) is 3.28. The highest BCUT2D eigenvalue weighted by Crippen LogP contribution is 2.27. The molecule has 0 bridgehead atoms. The van der Waals surface area contributed by atoms with Crippen molar-refractivity contribution < 1.29 is 0 Å². The van der Waals surface area contributed by atoms with Crippen LogP contribution in [0.5, 0.6) is 0 Å². The molecular formula is C13H24N2S2. The molecule has 17 heavy (non-hydrogen) atoms. The van der Waals surface area contributed by atoms with Crippen molar-refractivity contribution >= 4 is 23.1 Å². The predicted octanol–water partition coefficient (Wildman–Crippen LogP) is 3.21. The summed E-state index contributed by atoms with van der Waals surface area (Å²) in [7, 11) is 2.20. The maximum absolute atomic E-state index is 6.17. The van der Waals surface area contributed by atoms with Gasteiger partial charge in [0.1, 0.15) is 0 Å². The first kappa shape index (κ1) is 15.0. The molecule has 3 atom stereocenters. The van der Waals surface area contributed by atoms with Crippen molar-refractivity contribution in [2.24, 2.45) is 5.73 Å². The van der Waals surface area contributed by atoms with Gasteiger partial charge in [-0.05, 0) is 49.0 Å². The maximum Gasteiger partial charge on any atom is 0.0504 e. The molecule has 1 rings (SSSR count). The van der Waals surface area contributed by atoms with Crippen LogP contribution in [0.25, 0.3) is 0 Å². The summed E-state index contributed by atoms with van der Waals surface area (Å²) in [6.45, 7) is 4.36. The van der Waals surface area contributed by atoms with Crippen LogP contribution in [0.1, 0.15) is 31.9 Å². The van der Waals surface area contributed by atoms with Crippen molar-refractivity contribution in [1.29, 1.82) is 0 Å². The van der Waals surface area contributed by atoms with Crippen molar-refractivity contribution in [3.63, 3.8) is 0 Å². The zero-order chi connectivity index (χ0) is 12.8. The van der Waals surface area contributed by atoms with Crippen LogP contribution in [0, 0.1) is 0 Å². The molecule has 3 unspecified atom stereocenters. The Morgan fingerprint density at radius 1 is 1.53 bits per heavy atom. The number of nitrogens with two attached hydrogens (primary N) is 1. The van der Waals surface area contributed by atoms with E-state index < -0.39 is 0 Å². The molecular weight excluding hydrogens is 248 g/mol. The van der Waals surface area contributed by atoms with E-state index in [0.29, 0.717) is 12.1 Å². The Kier molecular flexibility index (Phi) is 6.55. The van der Waals surface area contributed by atoms with Gasteiger partial charge in [-0.2, -0.15) is 23.1 Å². The Hall–Kier alpha value is -0.0300. The van der Waals surface area contributed by atoms with E-state index in [1.807, 2.05) is 11.8 Å². The van der Waals surface area contributed by atoms with Crippen LogP contribution >= 0.6 is 23.1 Å². The second-order valence-corrected chi connectivity index (χ2v) is 6.23. The molecule has 1 aromatic rings. The quantitative estimate of drug-likeness (QED) is 0.826. The molecule has 0 saturated heterocycles. The van der Waals surface area contributed by atoms with Gasteiger partial charge < -0.3 is 5.73 Å². The molecule has 0 amide bonds. The molecule has 0 aliphatic rings. The van der Waals surface area contributed by atoms with Crippen LogP contribution in [0.15, 0.2) is 16.8 Å².